The Bertz CT molecular complexity index is 202. The molecule has 2 unspecified atom stereocenters. The number of rotatable bonds is 3. The predicted molar refractivity (Wildman–Crippen MR) is 68.6 cm³/mol. The van der Waals surface area contributed by atoms with Crippen molar-refractivity contribution in [2.24, 2.45) is 5.73 Å². The Morgan fingerprint density at radius 2 is 2.33 bits per heavy atom. The Morgan fingerprint density at radius 1 is 1.67 bits per heavy atom. The molecule has 1 amide bonds. The van der Waals surface area contributed by atoms with Crippen LogP contribution in [-0.2, 0) is 4.79 Å². The third kappa shape index (κ3) is 5.09. The second kappa shape index (κ2) is 7.36. The van der Waals surface area contributed by atoms with Gasteiger partial charge in [0.1, 0.15) is 0 Å². The molecule has 0 aromatic rings. The number of hydrogen-bond donors (Lipinski definition) is 1. The first-order valence-electron chi connectivity index (χ1n) is 5.24. The lowest BCUT2D eigenvalue weighted by molar-refractivity contribution is -0.132. The summed E-state index contributed by atoms with van der Waals surface area (Å²) in [6, 6.07) is 0.530. The number of nitrogens with zero attached hydrogens (tertiary/aromatic N) is 1. The second-order valence-corrected chi connectivity index (χ2v) is 5.18. The number of thioether (sulfide) groups is 1. The number of amides is 1. The highest BCUT2D eigenvalue weighted by molar-refractivity contribution is 7.99. The first-order chi connectivity index (χ1) is 6.61. The molecule has 3 nitrogen and oxygen atoms in total. The Hall–Kier alpha value is 0.0700. The fourth-order valence-electron chi connectivity index (χ4n) is 1.59. The van der Waals surface area contributed by atoms with Gasteiger partial charge >= 0.3 is 0 Å². The lowest BCUT2D eigenvalue weighted by atomic mass is 10.1. The topological polar surface area (TPSA) is 46.3 Å². The van der Waals surface area contributed by atoms with E-state index in [-0.39, 0.29) is 24.4 Å². The van der Waals surface area contributed by atoms with Gasteiger partial charge in [-0.1, -0.05) is 0 Å². The SMILES string of the molecule is CC(N)CCC(=O)N1CCSCC1C.Cl. The largest absolute Gasteiger partial charge is 0.338 e. The smallest absolute Gasteiger partial charge is 0.222 e. The molecule has 1 aliphatic heterocycles. The van der Waals surface area contributed by atoms with E-state index < -0.39 is 0 Å². The third-order valence-corrected chi connectivity index (χ3v) is 3.69. The van der Waals surface area contributed by atoms with E-state index in [1.54, 1.807) is 0 Å². The van der Waals surface area contributed by atoms with E-state index in [0.29, 0.717) is 12.5 Å². The van der Waals surface area contributed by atoms with Crippen LogP contribution in [-0.4, -0.2) is 40.9 Å². The van der Waals surface area contributed by atoms with E-state index in [0.717, 1.165) is 24.5 Å². The molecule has 90 valence electrons. The lowest BCUT2D eigenvalue weighted by Crippen LogP contribution is -2.44. The maximum absolute atomic E-state index is 11.8. The molecule has 0 spiro atoms. The molecule has 15 heavy (non-hydrogen) atoms. The van der Waals surface area contributed by atoms with E-state index in [9.17, 15) is 4.79 Å². The van der Waals surface area contributed by atoms with Crippen LogP contribution in [0.15, 0.2) is 0 Å². The first kappa shape index (κ1) is 15.1. The van der Waals surface area contributed by atoms with Crippen LogP contribution in [0.5, 0.6) is 0 Å². The minimum Gasteiger partial charge on any atom is -0.338 e. The van der Waals surface area contributed by atoms with Crippen LogP contribution in [0, 0.1) is 0 Å². The minimum absolute atomic E-state index is 0. The molecule has 1 heterocycles. The average molecular weight is 253 g/mol. The summed E-state index contributed by atoms with van der Waals surface area (Å²) < 4.78 is 0. The monoisotopic (exact) mass is 252 g/mol. The Balaban J connectivity index is 0.00000196. The molecule has 1 rings (SSSR count). The highest BCUT2D eigenvalue weighted by Crippen LogP contribution is 2.17. The zero-order valence-corrected chi connectivity index (χ0v) is 11.1. The standard InChI is InChI=1S/C10H20N2OS.ClH/c1-8(11)3-4-10(13)12-5-6-14-7-9(12)2;/h8-9H,3-7,11H2,1-2H3;1H. The summed E-state index contributed by atoms with van der Waals surface area (Å²) in [5, 5.41) is 0. The van der Waals surface area contributed by atoms with Crippen LogP contribution in [0.25, 0.3) is 0 Å². The molecular formula is C10H21ClN2OS. The summed E-state index contributed by atoms with van der Waals surface area (Å²) in [5.74, 6) is 2.42. The van der Waals surface area contributed by atoms with Crippen molar-refractivity contribution in [3.8, 4) is 0 Å². The predicted octanol–water partition coefficient (Wildman–Crippen LogP) is 1.50. The molecule has 0 aliphatic carbocycles. The van der Waals surface area contributed by atoms with Crippen molar-refractivity contribution in [3.63, 3.8) is 0 Å². The number of hydrogen-bond acceptors (Lipinski definition) is 3. The third-order valence-electron chi connectivity index (χ3n) is 2.50. The number of nitrogens with two attached hydrogens (primary N) is 1. The van der Waals surface area contributed by atoms with Gasteiger partial charge in [-0.15, -0.1) is 12.4 Å². The van der Waals surface area contributed by atoms with Crippen molar-refractivity contribution in [1.82, 2.24) is 4.90 Å². The fraction of sp³-hybridized carbons (Fsp3) is 0.900. The Kier molecular flexibility index (Phi) is 7.40. The molecule has 1 saturated heterocycles. The van der Waals surface area contributed by atoms with Gasteiger partial charge in [-0.05, 0) is 20.3 Å². The molecule has 5 heteroatoms. The van der Waals surface area contributed by atoms with E-state index >= 15 is 0 Å². The molecule has 0 aromatic carbocycles. The zero-order valence-electron chi connectivity index (χ0n) is 9.44. The van der Waals surface area contributed by atoms with Crippen LogP contribution < -0.4 is 5.73 Å². The second-order valence-electron chi connectivity index (χ2n) is 4.03. The lowest BCUT2D eigenvalue weighted by Gasteiger charge is -2.33. The highest BCUT2D eigenvalue weighted by Gasteiger charge is 2.22. The molecule has 2 atom stereocenters. The summed E-state index contributed by atoms with van der Waals surface area (Å²) in [7, 11) is 0. The molecule has 0 aromatic heterocycles. The molecule has 0 saturated carbocycles. The molecule has 0 bridgehead atoms. The highest BCUT2D eigenvalue weighted by atomic mass is 35.5. The van der Waals surface area contributed by atoms with Crippen LogP contribution in [0.1, 0.15) is 26.7 Å². The van der Waals surface area contributed by atoms with Gasteiger partial charge in [-0.25, -0.2) is 0 Å². The van der Waals surface area contributed by atoms with Crippen molar-refractivity contribution in [1.29, 1.82) is 0 Å². The summed E-state index contributed by atoms with van der Waals surface area (Å²) in [4.78, 5) is 13.8. The van der Waals surface area contributed by atoms with E-state index in [2.05, 4.69) is 6.92 Å². The van der Waals surface area contributed by atoms with Gasteiger partial charge in [-0.3, -0.25) is 4.79 Å². The van der Waals surface area contributed by atoms with Crippen molar-refractivity contribution >= 4 is 30.1 Å². The van der Waals surface area contributed by atoms with E-state index in [1.807, 2.05) is 23.6 Å². The number of carbonyl (C=O) groups is 1. The maximum Gasteiger partial charge on any atom is 0.222 e. The zero-order chi connectivity index (χ0) is 10.6. The van der Waals surface area contributed by atoms with Crippen LogP contribution >= 0.6 is 24.2 Å². The summed E-state index contributed by atoms with van der Waals surface area (Å²) in [6.45, 7) is 4.97. The van der Waals surface area contributed by atoms with Gasteiger partial charge in [-0.2, -0.15) is 11.8 Å². The van der Waals surface area contributed by atoms with Crippen molar-refractivity contribution < 1.29 is 4.79 Å². The van der Waals surface area contributed by atoms with Crippen LogP contribution in [0.3, 0.4) is 0 Å². The van der Waals surface area contributed by atoms with Crippen molar-refractivity contribution in [2.45, 2.75) is 38.8 Å². The fourth-order valence-corrected chi connectivity index (χ4v) is 2.61. The first-order valence-corrected chi connectivity index (χ1v) is 6.39. The molecule has 1 aliphatic rings. The minimum atomic E-state index is 0. The van der Waals surface area contributed by atoms with Gasteiger partial charge < -0.3 is 10.6 Å². The van der Waals surface area contributed by atoms with Gasteiger partial charge in [0.05, 0.1) is 0 Å². The normalized spacial score (nSPS) is 23.1. The van der Waals surface area contributed by atoms with Gasteiger partial charge in [0.25, 0.3) is 0 Å². The van der Waals surface area contributed by atoms with E-state index in [4.69, 9.17) is 5.73 Å². The molecule has 2 N–H and O–H groups in total. The number of carbonyl (C=O) groups excluding carboxylic acids is 1. The summed E-state index contributed by atoms with van der Waals surface area (Å²) >= 11 is 1.93. The average Bonchev–Trinajstić information content (AvgIpc) is 2.15. The van der Waals surface area contributed by atoms with Gasteiger partial charge in [0, 0.05) is 36.6 Å². The molecule has 1 fully saturated rings. The molecular weight excluding hydrogens is 232 g/mol. The number of halogens is 1. The maximum atomic E-state index is 11.8. The van der Waals surface area contributed by atoms with Crippen molar-refractivity contribution in [3.05, 3.63) is 0 Å². The summed E-state index contributed by atoms with van der Waals surface area (Å²) in [5.41, 5.74) is 5.63. The molecule has 0 radical (unpaired) electrons. The Morgan fingerprint density at radius 3 is 2.87 bits per heavy atom. The van der Waals surface area contributed by atoms with Crippen LogP contribution in [0.4, 0.5) is 0 Å². The Labute approximate surface area is 103 Å². The van der Waals surface area contributed by atoms with E-state index in [1.165, 1.54) is 0 Å². The van der Waals surface area contributed by atoms with Gasteiger partial charge in [0.2, 0.25) is 5.91 Å². The summed E-state index contributed by atoms with van der Waals surface area (Å²) in [6.07, 6.45) is 1.40. The quantitative estimate of drug-likeness (QED) is 0.828. The van der Waals surface area contributed by atoms with Gasteiger partial charge in [0.15, 0.2) is 0 Å². The van der Waals surface area contributed by atoms with Crippen molar-refractivity contribution in [2.75, 3.05) is 18.1 Å². The van der Waals surface area contributed by atoms with Crippen LogP contribution in [0.2, 0.25) is 0 Å².